The fraction of sp³-hybridized carbons (Fsp3) is 0.222. The molecular weight excluding hydrogens is 314 g/mol. The van der Waals surface area contributed by atoms with Crippen molar-refractivity contribution in [2.75, 3.05) is 12.3 Å². The summed E-state index contributed by atoms with van der Waals surface area (Å²) in [5, 5.41) is 0. The molecule has 76 valence electrons. The predicted octanol–water partition coefficient (Wildman–Crippen LogP) is 2.97. The van der Waals surface area contributed by atoms with Crippen molar-refractivity contribution in [1.29, 1.82) is 0 Å². The monoisotopic (exact) mass is 321 g/mol. The van der Waals surface area contributed by atoms with Crippen LogP contribution in [0, 0.1) is 0 Å². The Balaban J connectivity index is 3.06. The molecule has 0 aliphatic rings. The van der Waals surface area contributed by atoms with Crippen molar-refractivity contribution in [2.45, 2.75) is 6.92 Å². The summed E-state index contributed by atoms with van der Waals surface area (Å²) in [6.45, 7) is 2.12. The first-order valence-electron chi connectivity index (χ1n) is 3.98. The van der Waals surface area contributed by atoms with Crippen molar-refractivity contribution in [3.8, 4) is 0 Å². The van der Waals surface area contributed by atoms with Crippen LogP contribution in [0.1, 0.15) is 17.3 Å². The highest BCUT2D eigenvalue weighted by Gasteiger charge is 2.10. The Morgan fingerprint density at radius 2 is 1.93 bits per heavy atom. The number of carbonyl (C=O) groups is 1. The van der Waals surface area contributed by atoms with Crippen LogP contribution < -0.4 is 5.73 Å². The minimum atomic E-state index is -0.353. The highest BCUT2D eigenvalue weighted by molar-refractivity contribution is 9.11. The van der Waals surface area contributed by atoms with Gasteiger partial charge in [0.15, 0.2) is 0 Å². The van der Waals surface area contributed by atoms with Gasteiger partial charge >= 0.3 is 5.97 Å². The van der Waals surface area contributed by atoms with Crippen molar-refractivity contribution in [3.63, 3.8) is 0 Å². The van der Waals surface area contributed by atoms with E-state index in [1.54, 1.807) is 19.1 Å². The van der Waals surface area contributed by atoms with E-state index in [1.807, 2.05) is 0 Å². The van der Waals surface area contributed by atoms with Gasteiger partial charge in [0.25, 0.3) is 0 Å². The molecule has 14 heavy (non-hydrogen) atoms. The van der Waals surface area contributed by atoms with E-state index in [1.165, 1.54) is 0 Å². The van der Waals surface area contributed by atoms with E-state index in [0.29, 0.717) is 26.8 Å². The average Bonchev–Trinajstić information content (AvgIpc) is 2.13. The fourth-order valence-corrected chi connectivity index (χ4v) is 2.10. The lowest BCUT2D eigenvalue weighted by Crippen LogP contribution is -2.05. The van der Waals surface area contributed by atoms with Gasteiger partial charge in [-0.1, -0.05) is 0 Å². The van der Waals surface area contributed by atoms with Crippen LogP contribution in [0.2, 0.25) is 0 Å². The van der Waals surface area contributed by atoms with Crippen LogP contribution >= 0.6 is 31.9 Å². The largest absolute Gasteiger partial charge is 0.462 e. The van der Waals surface area contributed by atoms with Crippen molar-refractivity contribution >= 4 is 43.5 Å². The van der Waals surface area contributed by atoms with Crippen LogP contribution in [-0.2, 0) is 4.74 Å². The number of esters is 1. The molecule has 5 heteroatoms. The lowest BCUT2D eigenvalue weighted by Gasteiger charge is -2.05. The smallest absolute Gasteiger partial charge is 0.338 e. The molecule has 0 radical (unpaired) electrons. The summed E-state index contributed by atoms with van der Waals surface area (Å²) < 4.78 is 6.21. The third kappa shape index (κ3) is 2.48. The van der Waals surface area contributed by atoms with Gasteiger partial charge in [-0.15, -0.1) is 0 Å². The number of hydrogen-bond donors (Lipinski definition) is 1. The van der Waals surface area contributed by atoms with Crippen LogP contribution in [-0.4, -0.2) is 12.6 Å². The van der Waals surface area contributed by atoms with Crippen LogP contribution in [0.3, 0.4) is 0 Å². The Morgan fingerprint density at radius 1 is 1.43 bits per heavy atom. The second-order valence-electron chi connectivity index (χ2n) is 2.57. The number of halogens is 2. The Kier molecular flexibility index (Phi) is 3.95. The van der Waals surface area contributed by atoms with Gasteiger partial charge in [-0.3, -0.25) is 0 Å². The molecule has 0 bridgehead atoms. The molecule has 0 aliphatic carbocycles. The van der Waals surface area contributed by atoms with Gasteiger partial charge in [-0.05, 0) is 50.9 Å². The molecule has 0 heterocycles. The Bertz CT molecular complexity index is 343. The van der Waals surface area contributed by atoms with Crippen LogP contribution in [0.15, 0.2) is 21.1 Å². The van der Waals surface area contributed by atoms with Gasteiger partial charge in [0.05, 0.1) is 17.9 Å². The molecule has 0 aromatic heterocycles. The van der Waals surface area contributed by atoms with Crippen molar-refractivity contribution in [1.82, 2.24) is 0 Å². The summed E-state index contributed by atoms with van der Waals surface area (Å²) in [6, 6.07) is 3.27. The minimum absolute atomic E-state index is 0.353. The molecule has 0 saturated heterocycles. The number of nitrogen functional groups attached to an aromatic ring is 1. The minimum Gasteiger partial charge on any atom is -0.462 e. The highest BCUT2D eigenvalue weighted by atomic mass is 79.9. The van der Waals surface area contributed by atoms with Gasteiger partial charge < -0.3 is 10.5 Å². The van der Waals surface area contributed by atoms with E-state index in [9.17, 15) is 4.79 Å². The molecule has 0 aliphatic heterocycles. The zero-order valence-corrected chi connectivity index (χ0v) is 10.7. The third-order valence-electron chi connectivity index (χ3n) is 1.59. The van der Waals surface area contributed by atoms with Crippen molar-refractivity contribution in [3.05, 3.63) is 26.6 Å². The standard InChI is InChI=1S/C9H9Br2NO2/c1-2-14-9(13)5-3-6(10)8(12)7(11)4-5/h3-4H,2,12H2,1H3. The Hall–Kier alpha value is -0.550. The molecule has 3 nitrogen and oxygen atoms in total. The molecular formula is C9H9Br2NO2. The van der Waals surface area contributed by atoms with Crippen LogP contribution in [0.25, 0.3) is 0 Å². The number of anilines is 1. The number of hydrogen-bond acceptors (Lipinski definition) is 3. The maximum atomic E-state index is 11.4. The summed E-state index contributed by atoms with van der Waals surface area (Å²) in [4.78, 5) is 11.4. The molecule has 0 amide bonds. The number of benzene rings is 1. The van der Waals surface area contributed by atoms with E-state index in [0.717, 1.165) is 0 Å². The van der Waals surface area contributed by atoms with Crippen molar-refractivity contribution in [2.24, 2.45) is 0 Å². The highest BCUT2D eigenvalue weighted by Crippen LogP contribution is 2.29. The lowest BCUT2D eigenvalue weighted by atomic mass is 10.2. The zero-order valence-electron chi connectivity index (χ0n) is 7.51. The number of carbonyl (C=O) groups excluding carboxylic acids is 1. The zero-order chi connectivity index (χ0) is 10.7. The molecule has 1 aromatic rings. The van der Waals surface area contributed by atoms with Gasteiger partial charge in [-0.25, -0.2) is 4.79 Å². The number of ether oxygens (including phenoxy) is 1. The summed E-state index contributed by atoms with van der Waals surface area (Å²) in [5.74, 6) is -0.353. The third-order valence-corrected chi connectivity index (χ3v) is 2.90. The van der Waals surface area contributed by atoms with Crippen molar-refractivity contribution < 1.29 is 9.53 Å². The quantitative estimate of drug-likeness (QED) is 0.672. The van der Waals surface area contributed by atoms with E-state index < -0.39 is 0 Å². The first kappa shape index (κ1) is 11.5. The fourth-order valence-electron chi connectivity index (χ4n) is 0.917. The normalized spacial score (nSPS) is 9.93. The average molecular weight is 323 g/mol. The number of nitrogens with two attached hydrogens (primary N) is 1. The lowest BCUT2D eigenvalue weighted by molar-refractivity contribution is 0.0526. The van der Waals surface area contributed by atoms with E-state index in [-0.39, 0.29) is 5.97 Å². The maximum absolute atomic E-state index is 11.4. The number of rotatable bonds is 2. The molecule has 2 N–H and O–H groups in total. The molecule has 1 rings (SSSR count). The van der Waals surface area contributed by atoms with Gasteiger partial charge in [-0.2, -0.15) is 0 Å². The van der Waals surface area contributed by atoms with E-state index >= 15 is 0 Å². The van der Waals surface area contributed by atoms with Crippen LogP contribution in [0.5, 0.6) is 0 Å². The molecule has 1 aromatic carbocycles. The predicted molar refractivity (Wildman–Crippen MR) is 62.2 cm³/mol. The first-order valence-corrected chi connectivity index (χ1v) is 5.56. The molecule has 0 atom stereocenters. The summed E-state index contributed by atoms with van der Waals surface area (Å²) in [5.41, 5.74) is 6.72. The van der Waals surface area contributed by atoms with Gasteiger partial charge in [0.2, 0.25) is 0 Å². The molecule has 0 unspecified atom stereocenters. The Morgan fingerprint density at radius 3 is 2.36 bits per heavy atom. The van der Waals surface area contributed by atoms with Crippen LogP contribution in [0.4, 0.5) is 5.69 Å². The van der Waals surface area contributed by atoms with E-state index in [2.05, 4.69) is 31.9 Å². The molecule has 0 spiro atoms. The summed E-state index contributed by atoms with van der Waals surface area (Å²) >= 11 is 6.51. The maximum Gasteiger partial charge on any atom is 0.338 e. The molecule has 0 saturated carbocycles. The second kappa shape index (κ2) is 4.79. The summed E-state index contributed by atoms with van der Waals surface area (Å²) in [7, 11) is 0. The van der Waals surface area contributed by atoms with E-state index in [4.69, 9.17) is 10.5 Å². The second-order valence-corrected chi connectivity index (χ2v) is 4.28. The SMILES string of the molecule is CCOC(=O)c1cc(Br)c(N)c(Br)c1. The first-order chi connectivity index (χ1) is 6.56. The molecule has 0 fully saturated rings. The van der Waals surface area contributed by atoms with Gasteiger partial charge in [0.1, 0.15) is 0 Å². The topological polar surface area (TPSA) is 52.3 Å². The van der Waals surface area contributed by atoms with Gasteiger partial charge in [0, 0.05) is 8.95 Å². The summed E-state index contributed by atoms with van der Waals surface area (Å²) in [6.07, 6.45) is 0. The Labute approximate surface area is 98.9 Å².